The zero-order valence-corrected chi connectivity index (χ0v) is 6.86. The third-order valence-corrected chi connectivity index (χ3v) is 1.98. The Hall–Kier alpha value is -1.09. The molecule has 3 heteroatoms. The van der Waals surface area contributed by atoms with Crippen molar-refractivity contribution in [2.24, 2.45) is 0 Å². The lowest BCUT2D eigenvalue weighted by Gasteiger charge is -2.28. The van der Waals surface area contributed by atoms with Crippen molar-refractivity contribution >= 4 is 5.69 Å². The van der Waals surface area contributed by atoms with Crippen molar-refractivity contribution in [1.82, 2.24) is 4.98 Å². The summed E-state index contributed by atoms with van der Waals surface area (Å²) in [4.78, 5) is 6.14. The predicted octanol–water partition coefficient (Wildman–Crippen LogP) is 0.718. The Morgan fingerprint density at radius 1 is 1.42 bits per heavy atom. The molecule has 0 unspecified atom stereocenters. The van der Waals surface area contributed by atoms with E-state index in [4.69, 9.17) is 4.74 Å². The number of rotatable bonds is 1. The number of hydrogen-bond acceptors (Lipinski definition) is 3. The number of hydrogen-bond donors (Lipinski definition) is 0. The van der Waals surface area contributed by atoms with Crippen LogP contribution in [-0.2, 0) is 4.74 Å². The summed E-state index contributed by atoms with van der Waals surface area (Å²) >= 11 is 0. The molecule has 3 nitrogen and oxygen atoms in total. The largest absolute Gasteiger partial charge is 0.378 e. The van der Waals surface area contributed by atoms with Crippen LogP contribution in [0.4, 0.5) is 5.69 Å². The van der Waals surface area contributed by atoms with Crippen LogP contribution in [0.25, 0.3) is 0 Å². The van der Waals surface area contributed by atoms with Crippen molar-refractivity contribution in [3.05, 3.63) is 24.5 Å². The highest BCUT2D eigenvalue weighted by atomic mass is 16.5. The van der Waals surface area contributed by atoms with E-state index in [0.717, 1.165) is 26.3 Å². The van der Waals surface area contributed by atoms with Crippen LogP contribution in [-0.4, -0.2) is 31.3 Å². The van der Waals surface area contributed by atoms with Gasteiger partial charge in [0.25, 0.3) is 0 Å². The third kappa shape index (κ3) is 1.56. The zero-order valence-electron chi connectivity index (χ0n) is 6.86. The number of anilines is 1. The predicted molar refractivity (Wildman–Crippen MR) is 46.1 cm³/mol. The summed E-state index contributed by atoms with van der Waals surface area (Å²) in [5, 5.41) is 0. The first-order chi connectivity index (χ1) is 5.97. The van der Waals surface area contributed by atoms with Gasteiger partial charge in [0.05, 0.1) is 19.4 Å². The van der Waals surface area contributed by atoms with Crippen LogP contribution in [0.2, 0.25) is 0 Å². The van der Waals surface area contributed by atoms with Crippen LogP contribution in [0.5, 0.6) is 0 Å². The van der Waals surface area contributed by atoms with Gasteiger partial charge in [0.2, 0.25) is 0 Å². The van der Waals surface area contributed by atoms with E-state index < -0.39 is 0 Å². The minimum Gasteiger partial charge on any atom is -0.378 e. The van der Waals surface area contributed by atoms with Crippen molar-refractivity contribution in [3.63, 3.8) is 0 Å². The molecule has 0 atom stereocenters. The monoisotopic (exact) mass is 163 g/mol. The maximum absolute atomic E-state index is 5.25. The van der Waals surface area contributed by atoms with Crippen LogP contribution >= 0.6 is 0 Å². The van der Waals surface area contributed by atoms with Gasteiger partial charge in [-0.05, 0) is 12.1 Å². The van der Waals surface area contributed by atoms with Gasteiger partial charge in [0, 0.05) is 25.0 Å². The highest BCUT2D eigenvalue weighted by Crippen LogP contribution is 2.12. The SMILES string of the molecule is [c]1cc(N2CCOCC2)ccn1. The quantitative estimate of drug-likeness (QED) is 0.610. The zero-order chi connectivity index (χ0) is 8.23. The molecule has 1 aliphatic heterocycles. The van der Waals surface area contributed by atoms with Crippen molar-refractivity contribution in [1.29, 1.82) is 0 Å². The topological polar surface area (TPSA) is 25.4 Å². The standard InChI is InChI=1S/C9H11N2O/c1-3-10-4-2-9(1)11-5-7-12-8-6-11/h1-3H,5-8H2. The van der Waals surface area contributed by atoms with Crippen LogP contribution < -0.4 is 4.90 Å². The second kappa shape index (κ2) is 3.54. The molecule has 0 saturated carbocycles. The number of aromatic nitrogens is 1. The molecule has 2 heterocycles. The van der Waals surface area contributed by atoms with Gasteiger partial charge in [0.15, 0.2) is 0 Å². The fourth-order valence-electron chi connectivity index (χ4n) is 1.33. The lowest BCUT2D eigenvalue weighted by molar-refractivity contribution is 0.122. The fourth-order valence-corrected chi connectivity index (χ4v) is 1.33. The lowest BCUT2D eigenvalue weighted by atomic mass is 10.3. The lowest BCUT2D eigenvalue weighted by Crippen LogP contribution is -2.36. The Bertz CT molecular complexity index is 232. The molecule has 0 bridgehead atoms. The molecule has 2 rings (SSSR count). The molecule has 0 aliphatic carbocycles. The second-order valence-corrected chi connectivity index (χ2v) is 2.74. The van der Waals surface area contributed by atoms with Crippen LogP contribution in [0, 0.1) is 6.20 Å². The summed E-state index contributed by atoms with van der Waals surface area (Å²) in [6.45, 7) is 3.58. The minimum absolute atomic E-state index is 0.822. The van der Waals surface area contributed by atoms with E-state index in [1.54, 1.807) is 6.20 Å². The molecular weight excluding hydrogens is 152 g/mol. The van der Waals surface area contributed by atoms with Gasteiger partial charge in [-0.3, -0.25) is 4.98 Å². The Morgan fingerprint density at radius 3 is 2.92 bits per heavy atom. The average Bonchev–Trinajstić information content (AvgIpc) is 2.21. The molecule has 1 fully saturated rings. The van der Waals surface area contributed by atoms with Crippen LogP contribution in [0.15, 0.2) is 18.3 Å². The highest BCUT2D eigenvalue weighted by molar-refractivity contribution is 5.44. The van der Waals surface area contributed by atoms with Gasteiger partial charge in [0.1, 0.15) is 0 Å². The molecule has 0 spiro atoms. The van der Waals surface area contributed by atoms with E-state index in [0.29, 0.717) is 0 Å². The molecule has 0 aromatic carbocycles. The second-order valence-electron chi connectivity index (χ2n) is 2.74. The summed E-state index contributed by atoms with van der Waals surface area (Å²) in [5.74, 6) is 0. The van der Waals surface area contributed by atoms with Crippen molar-refractivity contribution < 1.29 is 4.74 Å². The third-order valence-electron chi connectivity index (χ3n) is 1.98. The van der Waals surface area contributed by atoms with Gasteiger partial charge >= 0.3 is 0 Å². The summed E-state index contributed by atoms with van der Waals surface area (Å²) in [5.41, 5.74) is 1.19. The average molecular weight is 163 g/mol. The molecule has 1 aliphatic rings. The van der Waals surface area contributed by atoms with Gasteiger partial charge in [-0.15, -0.1) is 0 Å². The Kier molecular flexibility index (Phi) is 2.23. The molecule has 12 heavy (non-hydrogen) atoms. The molecule has 1 saturated heterocycles. The first kappa shape index (κ1) is 7.55. The first-order valence-electron chi connectivity index (χ1n) is 4.11. The molecule has 1 radical (unpaired) electrons. The van der Waals surface area contributed by atoms with Gasteiger partial charge in [-0.25, -0.2) is 0 Å². The Morgan fingerprint density at radius 2 is 2.25 bits per heavy atom. The molecule has 0 amide bonds. The van der Waals surface area contributed by atoms with Crippen molar-refractivity contribution in [2.75, 3.05) is 31.2 Å². The summed E-state index contributed by atoms with van der Waals surface area (Å²) in [7, 11) is 0. The Labute approximate surface area is 72.0 Å². The maximum Gasteiger partial charge on any atom is 0.0907 e. The molecule has 0 N–H and O–H groups in total. The molecule has 1 aromatic rings. The van der Waals surface area contributed by atoms with Gasteiger partial charge in [-0.1, -0.05) is 0 Å². The van der Waals surface area contributed by atoms with Crippen molar-refractivity contribution in [2.45, 2.75) is 0 Å². The van der Waals surface area contributed by atoms with E-state index in [-0.39, 0.29) is 0 Å². The number of pyridine rings is 1. The maximum atomic E-state index is 5.25. The highest BCUT2D eigenvalue weighted by Gasteiger charge is 2.09. The molecular formula is C9H11N2O. The van der Waals surface area contributed by atoms with Gasteiger partial charge in [-0.2, -0.15) is 0 Å². The van der Waals surface area contributed by atoms with Crippen molar-refractivity contribution in [3.8, 4) is 0 Å². The number of ether oxygens (including phenoxy) is 1. The summed E-state index contributed by atoms with van der Waals surface area (Å²) < 4.78 is 5.25. The smallest absolute Gasteiger partial charge is 0.0907 e. The number of morpholine rings is 1. The normalized spacial score (nSPS) is 17.8. The van der Waals surface area contributed by atoms with Crippen LogP contribution in [0.3, 0.4) is 0 Å². The first-order valence-corrected chi connectivity index (χ1v) is 4.11. The molecule has 1 aromatic heterocycles. The molecule has 63 valence electrons. The van der Waals surface area contributed by atoms with E-state index in [1.165, 1.54) is 5.69 Å². The van der Waals surface area contributed by atoms with Gasteiger partial charge < -0.3 is 9.64 Å². The minimum atomic E-state index is 0.822. The Balaban J connectivity index is 2.08. The van der Waals surface area contributed by atoms with E-state index in [9.17, 15) is 0 Å². The number of nitrogens with zero attached hydrogens (tertiary/aromatic N) is 2. The van der Waals surface area contributed by atoms with E-state index >= 15 is 0 Å². The summed E-state index contributed by atoms with van der Waals surface area (Å²) in [6, 6.07) is 3.91. The fraction of sp³-hybridized carbons (Fsp3) is 0.444. The van der Waals surface area contributed by atoms with E-state index in [1.807, 2.05) is 12.1 Å². The summed E-state index contributed by atoms with van der Waals surface area (Å²) in [6.07, 6.45) is 4.59. The van der Waals surface area contributed by atoms with Crippen LogP contribution in [0.1, 0.15) is 0 Å². The van der Waals surface area contributed by atoms with E-state index in [2.05, 4.69) is 16.1 Å².